The molecule has 0 aromatic heterocycles. The van der Waals surface area contributed by atoms with E-state index in [1.165, 1.54) is 32.2 Å². The van der Waals surface area contributed by atoms with Gasteiger partial charge in [-0.05, 0) is 39.2 Å². The van der Waals surface area contributed by atoms with Gasteiger partial charge < -0.3 is 5.41 Å². The summed E-state index contributed by atoms with van der Waals surface area (Å²) in [5, 5.41) is 7.60. The highest BCUT2D eigenvalue weighted by molar-refractivity contribution is 5.84. The highest BCUT2D eigenvalue weighted by Gasteiger charge is 2.36. The molecule has 11 heavy (non-hydrogen) atoms. The van der Waals surface area contributed by atoms with Crippen molar-refractivity contribution >= 4 is 5.71 Å². The van der Waals surface area contributed by atoms with E-state index in [4.69, 9.17) is 5.41 Å². The van der Waals surface area contributed by atoms with E-state index in [1.807, 2.05) is 6.92 Å². The highest BCUT2D eigenvalue weighted by atomic mass is 15.2. The Bertz CT molecular complexity index is 176. The van der Waals surface area contributed by atoms with Crippen LogP contribution in [0, 0.1) is 5.41 Å². The van der Waals surface area contributed by atoms with Gasteiger partial charge in [-0.15, -0.1) is 0 Å². The number of nitrogens with one attached hydrogen (secondary N) is 1. The average molecular weight is 152 g/mol. The molecule has 2 fully saturated rings. The van der Waals surface area contributed by atoms with Crippen LogP contribution in [-0.2, 0) is 0 Å². The van der Waals surface area contributed by atoms with Gasteiger partial charge in [-0.1, -0.05) is 0 Å². The first-order valence-electron chi connectivity index (χ1n) is 4.60. The predicted molar refractivity (Wildman–Crippen MR) is 46.2 cm³/mol. The van der Waals surface area contributed by atoms with Gasteiger partial charge in [-0.2, -0.15) is 0 Å². The zero-order valence-corrected chi connectivity index (χ0v) is 7.14. The van der Waals surface area contributed by atoms with Crippen molar-refractivity contribution in [2.45, 2.75) is 44.7 Å². The Morgan fingerprint density at radius 1 is 1.36 bits per heavy atom. The van der Waals surface area contributed by atoms with Crippen LogP contribution in [0.25, 0.3) is 0 Å². The summed E-state index contributed by atoms with van der Waals surface area (Å²) in [6.45, 7) is 3.19. The first-order chi connectivity index (χ1) is 5.29. The number of hydrogen-bond donors (Lipinski definition) is 1. The van der Waals surface area contributed by atoms with E-state index in [-0.39, 0.29) is 0 Å². The van der Waals surface area contributed by atoms with Gasteiger partial charge in [-0.3, -0.25) is 4.90 Å². The third-order valence-corrected chi connectivity index (χ3v) is 3.10. The van der Waals surface area contributed by atoms with Gasteiger partial charge in [0.1, 0.15) is 0 Å². The topological polar surface area (TPSA) is 27.1 Å². The second kappa shape index (κ2) is 2.59. The second-order valence-corrected chi connectivity index (χ2v) is 3.81. The van der Waals surface area contributed by atoms with Gasteiger partial charge in [-0.25, -0.2) is 0 Å². The standard InChI is InChI=1S/C9H16N2/c1-7(10)9-5-4-8-3-2-6-11(8)9/h8-10H,2-6H2,1H3. The molecule has 2 heterocycles. The summed E-state index contributed by atoms with van der Waals surface area (Å²) in [5.74, 6) is 0. The molecule has 0 spiro atoms. The van der Waals surface area contributed by atoms with Crippen LogP contribution in [0.4, 0.5) is 0 Å². The van der Waals surface area contributed by atoms with Crippen molar-refractivity contribution in [2.24, 2.45) is 0 Å². The van der Waals surface area contributed by atoms with E-state index in [2.05, 4.69) is 4.90 Å². The van der Waals surface area contributed by atoms with Crippen LogP contribution in [-0.4, -0.2) is 29.2 Å². The lowest BCUT2D eigenvalue weighted by molar-refractivity contribution is 0.290. The van der Waals surface area contributed by atoms with Crippen molar-refractivity contribution in [3.63, 3.8) is 0 Å². The summed E-state index contributed by atoms with van der Waals surface area (Å²) < 4.78 is 0. The second-order valence-electron chi connectivity index (χ2n) is 3.81. The Kier molecular flexibility index (Phi) is 1.72. The van der Waals surface area contributed by atoms with Gasteiger partial charge in [0.15, 0.2) is 0 Å². The molecule has 2 nitrogen and oxygen atoms in total. The van der Waals surface area contributed by atoms with Crippen molar-refractivity contribution < 1.29 is 0 Å². The molecule has 62 valence electrons. The molecular formula is C9H16N2. The highest BCUT2D eigenvalue weighted by Crippen LogP contribution is 2.32. The Hall–Kier alpha value is -0.370. The van der Waals surface area contributed by atoms with Crippen LogP contribution in [0.3, 0.4) is 0 Å². The Morgan fingerprint density at radius 2 is 2.18 bits per heavy atom. The zero-order chi connectivity index (χ0) is 7.84. The van der Waals surface area contributed by atoms with Gasteiger partial charge >= 0.3 is 0 Å². The van der Waals surface area contributed by atoms with Crippen molar-refractivity contribution in [2.75, 3.05) is 6.54 Å². The molecule has 0 saturated carbocycles. The van der Waals surface area contributed by atoms with Gasteiger partial charge in [0.2, 0.25) is 0 Å². The van der Waals surface area contributed by atoms with E-state index in [0.717, 1.165) is 11.8 Å². The maximum atomic E-state index is 7.60. The average Bonchev–Trinajstić information content (AvgIpc) is 2.41. The van der Waals surface area contributed by atoms with E-state index in [1.54, 1.807) is 0 Å². The van der Waals surface area contributed by atoms with Gasteiger partial charge in [0.25, 0.3) is 0 Å². The third kappa shape index (κ3) is 1.09. The van der Waals surface area contributed by atoms with Crippen molar-refractivity contribution in [3.8, 4) is 0 Å². The summed E-state index contributed by atoms with van der Waals surface area (Å²) >= 11 is 0. The fourth-order valence-electron chi connectivity index (χ4n) is 2.56. The number of nitrogens with zero attached hydrogens (tertiary/aromatic N) is 1. The summed E-state index contributed by atoms with van der Waals surface area (Å²) in [7, 11) is 0. The molecule has 2 aliphatic rings. The smallest absolute Gasteiger partial charge is 0.0474 e. The number of fused-ring (bicyclic) bond motifs is 1. The molecule has 2 saturated heterocycles. The van der Waals surface area contributed by atoms with Crippen molar-refractivity contribution in [1.29, 1.82) is 5.41 Å². The molecule has 0 aromatic rings. The number of hydrogen-bond acceptors (Lipinski definition) is 2. The van der Waals surface area contributed by atoms with E-state index in [9.17, 15) is 0 Å². The minimum absolute atomic E-state index is 0.502. The molecule has 2 unspecified atom stereocenters. The molecular weight excluding hydrogens is 136 g/mol. The van der Waals surface area contributed by atoms with E-state index in [0.29, 0.717) is 6.04 Å². The van der Waals surface area contributed by atoms with Crippen LogP contribution >= 0.6 is 0 Å². The number of rotatable bonds is 1. The maximum Gasteiger partial charge on any atom is 0.0474 e. The molecule has 2 rings (SSSR count). The minimum Gasteiger partial charge on any atom is -0.308 e. The summed E-state index contributed by atoms with van der Waals surface area (Å²) in [5.41, 5.74) is 0.870. The van der Waals surface area contributed by atoms with Crippen molar-refractivity contribution in [1.82, 2.24) is 4.90 Å². The Morgan fingerprint density at radius 3 is 2.91 bits per heavy atom. The van der Waals surface area contributed by atoms with Crippen molar-refractivity contribution in [3.05, 3.63) is 0 Å². The normalized spacial score (nSPS) is 37.5. The molecule has 2 heteroatoms. The largest absolute Gasteiger partial charge is 0.308 e. The van der Waals surface area contributed by atoms with Crippen LogP contribution in [0.1, 0.15) is 32.6 Å². The third-order valence-electron chi connectivity index (χ3n) is 3.10. The molecule has 0 aromatic carbocycles. The quantitative estimate of drug-likeness (QED) is 0.568. The molecule has 2 atom stereocenters. The predicted octanol–water partition coefficient (Wildman–Crippen LogP) is 1.65. The van der Waals surface area contributed by atoms with Crippen LogP contribution in [0.5, 0.6) is 0 Å². The molecule has 0 aliphatic carbocycles. The molecule has 0 bridgehead atoms. The van der Waals surface area contributed by atoms with Crippen LogP contribution < -0.4 is 0 Å². The Labute approximate surface area is 68.1 Å². The monoisotopic (exact) mass is 152 g/mol. The summed E-state index contributed by atoms with van der Waals surface area (Å²) in [6.07, 6.45) is 5.30. The van der Waals surface area contributed by atoms with Gasteiger partial charge in [0, 0.05) is 17.8 Å². The lowest BCUT2D eigenvalue weighted by Crippen LogP contribution is -2.35. The molecule has 0 radical (unpaired) electrons. The lowest BCUT2D eigenvalue weighted by atomic mass is 10.1. The lowest BCUT2D eigenvalue weighted by Gasteiger charge is -2.22. The zero-order valence-electron chi connectivity index (χ0n) is 7.14. The molecule has 1 N–H and O–H groups in total. The summed E-state index contributed by atoms with van der Waals surface area (Å²) in [4.78, 5) is 2.53. The fourth-order valence-corrected chi connectivity index (χ4v) is 2.56. The van der Waals surface area contributed by atoms with E-state index < -0.39 is 0 Å². The fraction of sp³-hybridized carbons (Fsp3) is 0.889. The van der Waals surface area contributed by atoms with Crippen LogP contribution in [0.15, 0.2) is 0 Å². The minimum atomic E-state index is 0.502. The SMILES string of the molecule is CC(=N)C1CCC2CCCN21. The molecule has 0 amide bonds. The maximum absolute atomic E-state index is 7.60. The molecule has 2 aliphatic heterocycles. The first kappa shape index (κ1) is 7.29. The van der Waals surface area contributed by atoms with Gasteiger partial charge in [0.05, 0.1) is 0 Å². The first-order valence-corrected chi connectivity index (χ1v) is 4.60. The summed E-state index contributed by atoms with van der Waals surface area (Å²) in [6, 6.07) is 1.34. The van der Waals surface area contributed by atoms with Crippen LogP contribution in [0.2, 0.25) is 0 Å². The van der Waals surface area contributed by atoms with E-state index >= 15 is 0 Å². The Balaban J connectivity index is 2.08.